The van der Waals surface area contributed by atoms with Crippen LogP contribution in [0.3, 0.4) is 0 Å². The van der Waals surface area contributed by atoms with E-state index in [2.05, 4.69) is 45.5 Å². The minimum absolute atomic E-state index is 0.162. The molecule has 16 heavy (non-hydrogen) atoms. The average Bonchev–Trinajstić information content (AvgIpc) is 2.56. The Kier molecular flexibility index (Phi) is 2.87. The van der Waals surface area contributed by atoms with E-state index in [-0.39, 0.29) is 5.11 Å². The molecule has 2 aromatic rings. The van der Waals surface area contributed by atoms with Crippen molar-refractivity contribution in [3.8, 4) is 0 Å². The van der Waals surface area contributed by atoms with E-state index in [4.69, 9.17) is 5.73 Å². The lowest BCUT2D eigenvalue weighted by atomic mass is 10.2. The first-order valence-corrected chi connectivity index (χ1v) is 5.22. The Hall–Kier alpha value is -1.88. The van der Waals surface area contributed by atoms with Crippen molar-refractivity contribution < 1.29 is 0 Å². The van der Waals surface area contributed by atoms with Crippen LogP contribution < -0.4 is 11.2 Å². The van der Waals surface area contributed by atoms with Crippen LogP contribution in [-0.4, -0.2) is 15.9 Å². The predicted octanol–water partition coefficient (Wildman–Crippen LogP) is 1.35. The fraction of sp³-hybridized carbons (Fsp3) is 0.0909. The van der Waals surface area contributed by atoms with Gasteiger partial charge in [-0.1, -0.05) is 18.2 Å². The fourth-order valence-corrected chi connectivity index (χ4v) is 1.65. The molecule has 0 spiro atoms. The molecule has 5 heteroatoms. The second-order valence-corrected chi connectivity index (χ2v) is 3.86. The molecule has 1 aromatic heterocycles. The van der Waals surface area contributed by atoms with Gasteiger partial charge in [0.15, 0.2) is 5.11 Å². The third-order valence-corrected chi connectivity index (χ3v) is 2.45. The predicted molar refractivity (Wildman–Crippen MR) is 70.4 cm³/mol. The first-order valence-electron chi connectivity index (χ1n) is 4.81. The van der Waals surface area contributed by atoms with E-state index >= 15 is 0 Å². The summed E-state index contributed by atoms with van der Waals surface area (Å²) < 4.78 is 2.06. The number of nitrogens with zero attached hydrogens (tertiary/aromatic N) is 2. The summed E-state index contributed by atoms with van der Waals surface area (Å²) in [6.45, 7) is 0. The molecular formula is C11H12N4S. The van der Waals surface area contributed by atoms with Crippen LogP contribution >= 0.6 is 12.2 Å². The minimum atomic E-state index is 0.162. The highest BCUT2D eigenvalue weighted by molar-refractivity contribution is 7.80. The van der Waals surface area contributed by atoms with Crippen molar-refractivity contribution in [2.24, 2.45) is 17.9 Å². The summed E-state index contributed by atoms with van der Waals surface area (Å²) in [5, 5.41) is 5.28. The van der Waals surface area contributed by atoms with Crippen LogP contribution in [0.15, 0.2) is 35.4 Å². The second kappa shape index (κ2) is 4.32. The van der Waals surface area contributed by atoms with Crippen molar-refractivity contribution in [2.45, 2.75) is 0 Å². The van der Waals surface area contributed by atoms with E-state index in [1.54, 1.807) is 6.21 Å². The van der Waals surface area contributed by atoms with Crippen LogP contribution in [0.1, 0.15) is 5.69 Å². The lowest BCUT2D eigenvalue weighted by Crippen LogP contribution is -2.24. The van der Waals surface area contributed by atoms with Gasteiger partial charge in [0.1, 0.15) is 0 Å². The van der Waals surface area contributed by atoms with Gasteiger partial charge < -0.3 is 10.3 Å². The highest BCUT2D eigenvalue weighted by atomic mass is 32.1. The number of benzene rings is 1. The van der Waals surface area contributed by atoms with Crippen LogP contribution in [0.4, 0.5) is 0 Å². The number of hydrazone groups is 1. The molecule has 0 radical (unpaired) electrons. The van der Waals surface area contributed by atoms with Gasteiger partial charge in [0.25, 0.3) is 0 Å². The van der Waals surface area contributed by atoms with Gasteiger partial charge in [0.2, 0.25) is 0 Å². The molecule has 0 bridgehead atoms. The Balaban J connectivity index is 2.34. The molecule has 0 atom stereocenters. The third-order valence-electron chi connectivity index (χ3n) is 2.36. The van der Waals surface area contributed by atoms with E-state index in [1.165, 1.54) is 10.9 Å². The summed E-state index contributed by atoms with van der Waals surface area (Å²) in [4.78, 5) is 0. The molecule has 2 rings (SSSR count). The number of nitrogens with two attached hydrogens (primary N) is 1. The minimum Gasteiger partial charge on any atom is -0.375 e. The summed E-state index contributed by atoms with van der Waals surface area (Å²) in [5.41, 5.74) is 9.96. The number of hydrogen-bond donors (Lipinski definition) is 2. The van der Waals surface area contributed by atoms with Crippen LogP contribution in [0, 0.1) is 0 Å². The number of thiocarbonyl (C=S) groups is 1. The molecule has 3 N–H and O–H groups in total. The number of aromatic nitrogens is 1. The van der Waals surface area contributed by atoms with Crippen molar-refractivity contribution in [3.05, 3.63) is 36.0 Å². The van der Waals surface area contributed by atoms with Gasteiger partial charge in [-0.05, 0) is 24.4 Å². The molecule has 82 valence electrons. The Morgan fingerprint density at radius 1 is 1.50 bits per heavy atom. The molecular weight excluding hydrogens is 220 g/mol. The SMILES string of the molecule is Cn1c(/C=N/NC(N)=S)cc2ccccc21. The zero-order valence-corrected chi connectivity index (χ0v) is 9.66. The van der Waals surface area contributed by atoms with Crippen LogP contribution in [0.5, 0.6) is 0 Å². The van der Waals surface area contributed by atoms with Gasteiger partial charge >= 0.3 is 0 Å². The Morgan fingerprint density at radius 2 is 2.25 bits per heavy atom. The topological polar surface area (TPSA) is 55.3 Å². The van der Waals surface area contributed by atoms with Gasteiger partial charge in [0.05, 0.1) is 11.9 Å². The van der Waals surface area contributed by atoms with Crippen LogP contribution in [0.25, 0.3) is 10.9 Å². The third kappa shape index (κ3) is 2.04. The molecule has 0 unspecified atom stereocenters. The van der Waals surface area contributed by atoms with Crippen LogP contribution in [0.2, 0.25) is 0 Å². The first-order chi connectivity index (χ1) is 7.68. The largest absolute Gasteiger partial charge is 0.375 e. The number of fused-ring (bicyclic) bond motifs is 1. The second-order valence-electron chi connectivity index (χ2n) is 3.42. The lowest BCUT2D eigenvalue weighted by Gasteiger charge is -1.98. The molecule has 0 aliphatic carbocycles. The zero-order valence-electron chi connectivity index (χ0n) is 8.84. The molecule has 1 heterocycles. The van der Waals surface area contributed by atoms with Crippen molar-refractivity contribution >= 4 is 34.4 Å². The normalized spacial score (nSPS) is 11.1. The molecule has 0 saturated carbocycles. The summed E-state index contributed by atoms with van der Waals surface area (Å²) in [6, 6.07) is 10.2. The number of aryl methyl sites for hydroxylation is 1. The molecule has 4 nitrogen and oxygen atoms in total. The molecule has 0 amide bonds. The maximum atomic E-state index is 5.27. The fourth-order valence-electron chi connectivity index (χ4n) is 1.60. The van der Waals surface area contributed by atoms with E-state index in [0.717, 1.165) is 5.69 Å². The number of hydrogen-bond acceptors (Lipinski definition) is 2. The maximum absolute atomic E-state index is 5.27. The van der Waals surface area contributed by atoms with E-state index in [0.29, 0.717) is 0 Å². The van der Waals surface area contributed by atoms with E-state index in [1.807, 2.05) is 19.2 Å². The molecule has 0 aliphatic heterocycles. The zero-order chi connectivity index (χ0) is 11.5. The van der Waals surface area contributed by atoms with Crippen molar-refractivity contribution in [3.63, 3.8) is 0 Å². The molecule has 0 fully saturated rings. The van der Waals surface area contributed by atoms with Crippen molar-refractivity contribution in [2.75, 3.05) is 0 Å². The molecule has 0 aliphatic rings. The summed E-state index contributed by atoms with van der Waals surface area (Å²) in [7, 11) is 1.99. The summed E-state index contributed by atoms with van der Waals surface area (Å²) >= 11 is 4.65. The number of nitrogens with one attached hydrogen (secondary N) is 1. The number of rotatable bonds is 2. The van der Waals surface area contributed by atoms with Gasteiger partial charge in [-0.25, -0.2) is 0 Å². The van der Waals surface area contributed by atoms with Crippen LogP contribution in [-0.2, 0) is 7.05 Å². The smallest absolute Gasteiger partial charge is 0.184 e. The quantitative estimate of drug-likeness (QED) is 0.467. The van der Waals surface area contributed by atoms with E-state index < -0.39 is 0 Å². The molecule has 0 saturated heterocycles. The van der Waals surface area contributed by atoms with Gasteiger partial charge in [0, 0.05) is 18.0 Å². The van der Waals surface area contributed by atoms with Gasteiger partial charge in [-0.2, -0.15) is 5.10 Å². The Morgan fingerprint density at radius 3 is 2.94 bits per heavy atom. The standard InChI is InChI=1S/C11H12N4S/c1-15-9(7-13-14-11(12)16)6-8-4-2-3-5-10(8)15/h2-7H,1H3,(H3,12,14,16)/b13-7+. The van der Waals surface area contributed by atoms with E-state index in [9.17, 15) is 0 Å². The number of para-hydroxylation sites is 1. The summed E-state index contributed by atoms with van der Waals surface area (Å²) in [5.74, 6) is 0. The Labute approximate surface area is 98.7 Å². The van der Waals surface area contributed by atoms with Gasteiger partial charge in [-0.3, -0.25) is 5.43 Å². The van der Waals surface area contributed by atoms with Gasteiger partial charge in [-0.15, -0.1) is 0 Å². The Bertz CT molecular complexity index is 556. The molecule has 1 aromatic carbocycles. The highest BCUT2D eigenvalue weighted by Gasteiger charge is 2.01. The lowest BCUT2D eigenvalue weighted by molar-refractivity contribution is 0.950. The monoisotopic (exact) mass is 232 g/mol. The first kappa shape index (κ1) is 10.6. The maximum Gasteiger partial charge on any atom is 0.184 e. The highest BCUT2D eigenvalue weighted by Crippen LogP contribution is 2.16. The average molecular weight is 232 g/mol. The van der Waals surface area contributed by atoms with Crippen molar-refractivity contribution in [1.29, 1.82) is 0 Å². The van der Waals surface area contributed by atoms with Crippen molar-refractivity contribution in [1.82, 2.24) is 9.99 Å². The summed E-state index contributed by atoms with van der Waals surface area (Å²) in [6.07, 6.45) is 1.69.